The maximum atomic E-state index is 12.5. The van der Waals surface area contributed by atoms with E-state index >= 15 is 0 Å². The standard InChI is InChI=1S/C14H14ClF3N2O3S/c1-3-4-5-8-23-19-10(2)12-9-11(15)6-7-13(12)20-24(21,22)14(16,17)18/h6-7,9,20H,3,8H2,1-2H3. The molecule has 0 heterocycles. The van der Waals surface area contributed by atoms with Crippen molar-refractivity contribution in [3.8, 4) is 11.8 Å². The van der Waals surface area contributed by atoms with Gasteiger partial charge in [-0.1, -0.05) is 35.5 Å². The van der Waals surface area contributed by atoms with Gasteiger partial charge < -0.3 is 4.84 Å². The van der Waals surface area contributed by atoms with Gasteiger partial charge in [-0.3, -0.25) is 4.72 Å². The number of alkyl halides is 3. The van der Waals surface area contributed by atoms with E-state index in [9.17, 15) is 21.6 Å². The first-order valence-corrected chi connectivity index (χ1v) is 8.46. The highest BCUT2D eigenvalue weighted by Crippen LogP contribution is 2.28. The van der Waals surface area contributed by atoms with Crippen molar-refractivity contribution in [1.82, 2.24) is 0 Å². The third-order valence-corrected chi connectivity index (χ3v) is 3.89. The van der Waals surface area contributed by atoms with Gasteiger partial charge in [0, 0.05) is 17.0 Å². The second kappa shape index (κ2) is 8.26. The number of rotatable bonds is 5. The molecule has 0 aliphatic carbocycles. The number of nitrogens with zero attached hydrogens (tertiary/aromatic N) is 1. The van der Waals surface area contributed by atoms with Crippen LogP contribution in [0.5, 0.6) is 0 Å². The normalized spacial score (nSPS) is 12.3. The second-order valence-electron chi connectivity index (χ2n) is 4.40. The summed E-state index contributed by atoms with van der Waals surface area (Å²) in [5.74, 6) is 5.41. The van der Waals surface area contributed by atoms with Gasteiger partial charge in [0.2, 0.25) is 0 Å². The third kappa shape index (κ3) is 5.62. The van der Waals surface area contributed by atoms with Gasteiger partial charge in [0.05, 0.1) is 11.4 Å². The van der Waals surface area contributed by atoms with Gasteiger partial charge in [-0.2, -0.15) is 21.6 Å². The van der Waals surface area contributed by atoms with Crippen molar-refractivity contribution in [3.63, 3.8) is 0 Å². The van der Waals surface area contributed by atoms with Crippen LogP contribution in [0.2, 0.25) is 5.02 Å². The van der Waals surface area contributed by atoms with Gasteiger partial charge in [-0.05, 0) is 25.1 Å². The number of nitrogens with one attached hydrogen (secondary N) is 1. The maximum absolute atomic E-state index is 12.5. The van der Waals surface area contributed by atoms with Crippen LogP contribution < -0.4 is 4.72 Å². The third-order valence-electron chi connectivity index (χ3n) is 2.56. The van der Waals surface area contributed by atoms with Crippen molar-refractivity contribution in [2.45, 2.75) is 25.8 Å². The Morgan fingerprint density at radius 3 is 2.62 bits per heavy atom. The van der Waals surface area contributed by atoms with Crippen molar-refractivity contribution in [1.29, 1.82) is 0 Å². The molecule has 0 radical (unpaired) electrons. The number of oxime groups is 1. The molecule has 0 aliphatic heterocycles. The van der Waals surface area contributed by atoms with E-state index in [1.165, 1.54) is 23.8 Å². The second-order valence-corrected chi connectivity index (χ2v) is 6.51. The van der Waals surface area contributed by atoms with Crippen LogP contribution in [0.4, 0.5) is 18.9 Å². The Labute approximate surface area is 142 Å². The highest BCUT2D eigenvalue weighted by Gasteiger charge is 2.46. The predicted octanol–water partition coefficient (Wildman–Crippen LogP) is 3.76. The van der Waals surface area contributed by atoms with Gasteiger partial charge in [0.15, 0.2) is 6.61 Å². The van der Waals surface area contributed by atoms with Crippen molar-refractivity contribution in [3.05, 3.63) is 28.8 Å². The Morgan fingerprint density at radius 2 is 2.04 bits per heavy atom. The number of benzene rings is 1. The van der Waals surface area contributed by atoms with Crippen LogP contribution >= 0.6 is 11.6 Å². The molecule has 0 aliphatic rings. The van der Waals surface area contributed by atoms with E-state index in [0.29, 0.717) is 6.42 Å². The minimum atomic E-state index is -5.56. The maximum Gasteiger partial charge on any atom is 0.516 e. The van der Waals surface area contributed by atoms with Gasteiger partial charge >= 0.3 is 15.5 Å². The van der Waals surface area contributed by atoms with Gasteiger partial charge in [0.25, 0.3) is 0 Å². The van der Waals surface area contributed by atoms with E-state index in [2.05, 4.69) is 17.0 Å². The number of sulfonamides is 1. The zero-order valence-electron chi connectivity index (χ0n) is 12.7. The molecule has 132 valence electrons. The first-order valence-electron chi connectivity index (χ1n) is 6.59. The van der Waals surface area contributed by atoms with E-state index in [-0.39, 0.29) is 28.6 Å². The smallest absolute Gasteiger partial charge is 0.382 e. The molecule has 1 aromatic carbocycles. The fourth-order valence-electron chi connectivity index (χ4n) is 1.49. The van der Waals surface area contributed by atoms with Crippen molar-refractivity contribution in [2.75, 3.05) is 11.3 Å². The van der Waals surface area contributed by atoms with Crippen LogP contribution in [0.3, 0.4) is 0 Å². The van der Waals surface area contributed by atoms with Crippen LogP contribution in [-0.2, 0) is 14.9 Å². The van der Waals surface area contributed by atoms with E-state index in [1.807, 2.05) is 6.92 Å². The van der Waals surface area contributed by atoms with E-state index < -0.39 is 15.5 Å². The highest BCUT2D eigenvalue weighted by molar-refractivity contribution is 7.93. The zero-order chi connectivity index (χ0) is 18.4. The van der Waals surface area contributed by atoms with Crippen LogP contribution in [0, 0.1) is 11.8 Å². The molecule has 0 fully saturated rings. The lowest BCUT2D eigenvalue weighted by molar-refractivity contribution is -0.0429. The Bertz CT molecular complexity index is 781. The van der Waals surface area contributed by atoms with E-state index in [4.69, 9.17) is 16.4 Å². The fraction of sp³-hybridized carbons (Fsp3) is 0.357. The topological polar surface area (TPSA) is 67.8 Å². The van der Waals surface area contributed by atoms with Gasteiger partial charge in [0.1, 0.15) is 0 Å². The molecular formula is C14H14ClF3N2O3S. The van der Waals surface area contributed by atoms with Crippen molar-refractivity contribution in [2.24, 2.45) is 5.16 Å². The molecule has 0 bridgehead atoms. The highest BCUT2D eigenvalue weighted by atomic mass is 35.5. The molecule has 0 spiro atoms. The van der Waals surface area contributed by atoms with Crippen molar-refractivity contribution < 1.29 is 26.4 Å². The number of halogens is 4. The Balaban J connectivity index is 3.11. The lowest BCUT2D eigenvalue weighted by Crippen LogP contribution is -2.30. The lowest BCUT2D eigenvalue weighted by Gasteiger charge is -2.14. The summed E-state index contributed by atoms with van der Waals surface area (Å²) in [6, 6.07) is 3.63. The largest absolute Gasteiger partial charge is 0.516 e. The minimum absolute atomic E-state index is 0.00461. The summed E-state index contributed by atoms with van der Waals surface area (Å²) in [6.07, 6.45) is 0.643. The molecule has 1 rings (SSSR count). The minimum Gasteiger partial charge on any atom is -0.382 e. The zero-order valence-corrected chi connectivity index (χ0v) is 14.3. The first kappa shape index (κ1) is 20.1. The van der Waals surface area contributed by atoms with Crippen LogP contribution in [-0.4, -0.2) is 26.2 Å². The van der Waals surface area contributed by atoms with Gasteiger partial charge in [-0.15, -0.1) is 0 Å². The average Bonchev–Trinajstić information content (AvgIpc) is 2.47. The molecule has 0 atom stereocenters. The number of hydrogen-bond acceptors (Lipinski definition) is 4. The molecule has 0 amide bonds. The molecule has 24 heavy (non-hydrogen) atoms. The molecule has 1 N–H and O–H groups in total. The number of hydrogen-bond donors (Lipinski definition) is 1. The Hall–Kier alpha value is -1.92. The molecule has 0 unspecified atom stereocenters. The Morgan fingerprint density at radius 1 is 1.38 bits per heavy atom. The molecule has 1 aromatic rings. The van der Waals surface area contributed by atoms with E-state index in [0.717, 1.165) is 6.07 Å². The lowest BCUT2D eigenvalue weighted by atomic mass is 10.1. The summed E-state index contributed by atoms with van der Waals surface area (Å²) in [4.78, 5) is 4.92. The summed E-state index contributed by atoms with van der Waals surface area (Å²) >= 11 is 5.81. The first-order chi connectivity index (χ1) is 11.1. The summed E-state index contributed by atoms with van der Waals surface area (Å²) in [6.45, 7) is 3.28. The number of anilines is 1. The Kier molecular flexibility index (Phi) is 6.93. The molecule has 0 saturated carbocycles. The average molecular weight is 383 g/mol. The summed E-state index contributed by atoms with van der Waals surface area (Å²) in [5, 5.41) is 3.89. The van der Waals surface area contributed by atoms with E-state index in [1.54, 1.807) is 0 Å². The molecule has 10 heteroatoms. The van der Waals surface area contributed by atoms with Gasteiger partial charge in [-0.25, -0.2) is 0 Å². The van der Waals surface area contributed by atoms with Crippen LogP contribution in [0.25, 0.3) is 0 Å². The molecule has 0 aromatic heterocycles. The summed E-state index contributed by atoms with van der Waals surface area (Å²) < 4.78 is 61.5. The molecule has 5 nitrogen and oxygen atoms in total. The quantitative estimate of drug-likeness (QED) is 0.365. The van der Waals surface area contributed by atoms with Crippen LogP contribution in [0.1, 0.15) is 25.8 Å². The summed E-state index contributed by atoms with van der Waals surface area (Å²) in [5.41, 5.74) is -5.57. The molecule has 0 saturated heterocycles. The molecular weight excluding hydrogens is 369 g/mol. The monoisotopic (exact) mass is 382 g/mol. The fourth-order valence-corrected chi connectivity index (χ4v) is 2.25. The van der Waals surface area contributed by atoms with Crippen molar-refractivity contribution >= 4 is 33.0 Å². The summed E-state index contributed by atoms with van der Waals surface area (Å²) in [7, 11) is -5.56. The predicted molar refractivity (Wildman–Crippen MR) is 86.3 cm³/mol. The van der Waals surface area contributed by atoms with Crippen LogP contribution in [0.15, 0.2) is 23.4 Å². The SMILES string of the molecule is CCC#CCON=C(C)c1cc(Cl)ccc1NS(=O)(=O)C(F)(F)F.